The van der Waals surface area contributed by atoms with Crippen LogP contribution in [0, 0.1) is 5.82 Å². The van der Waals surface area contributed by atoms with Crippen molar-refractivity contribution < 1.29 is 4.39 Å². The summed E-state index contributed by atoms with van der Waals surface area (Å²) in [6.07, 6.45) is 2.57. The second kappa shape index (κ2) is 6.48. The lowest BCUT2D eigenvalue weighted by molar-refractivity contribution is 0.619. The Kier molecular flexibility index (Phi) is 4.44. The summed E-state index contributed by atoms with van der Waals surface area (Å²) < 4.78 is 14.0. The summed E-state index contributed by atoms with van der Waals surface area (Å²) in [6.45, 7) is 2.93. The summed E-state index contributed by atoms with van der Waals surface area (Å²) in [6, 6.07) is 13.7. The Morgan fingerprint density at radius 1 is 1.05 bits per heavy atom. The van der Waals surface area contributed by atoms with Gasteiger partial charge in [0.1, 0.15) is 5.82 Å². The molecule has 1 N–H and O–H groups in total. The van der Waals surface area contributed by atoms with Gasteiger partial charge in [0, 0.05) is 31.0 Å². The van der Waals surface area contributed by atoms with Crippen LogP contribution in [0.2, 0.25) is 0 Å². The molecule has 0 spiro atoms. The number of rotatable bonds is 4. The van der Waals surface area contributed by atoms with Crippen molar-refractivity contribution in [2.45, 2.75) is 19.4 Å². The minimum Gasteiger partial charge on any atom is -0.381 e. The predicted octanol–water partition coefficient (Wildman–Crippen LogP) is 4.80. The highest BCUT2D eigenvalue weighted by atomic mass is 79.9. The minimum atomic E-state index is -0.223. The molecule has 3 rings (SSSR count). The smallest absolute Gasteiger partial charge is 0.137 e. The zero-order chi connectivity index (χ0) is 14.7. The normalized spacial score (nSPS) is 14.5. The first-order valence-corrected chi connectivity index (χ1v) is 8.04. The van der Waals surface area contributed by atoms with E-state index in [9.17, 15) is 4.39 Å². The monoisotopic (exact) mass is 348 g/mol. The molecule has 1 aliphatic rings. The van der Waals surface area contributed by atoms with Crippen LogP contribution in [0.25, 0.3) is 0 Å². The zero-order valence-corrected chi connectivity index (χ0v) is 13.4. The molecule has 2 nitrogen and oxygen atoms in total. The number of hydrogen-bond acceptors (Lipinski definition) is 2. The molecule has 2 aromatic carbocycles. The lowest BCUT2D eigenvalue weighted by Crippen LogP contribution is -2.17. The van der Waals surface area contributed by atoms with Crippen LogP contribution in [0.1, 0.15) is 18.4 Å². The van der Waals surface area contributed by atoms with Gasteiger partial charge in [-0.1, -0.05) is 6.07 Å². The molecule has 21 heavy (non-hydrogen) atoms. The van der Waals surface area contributed by atoms with Gasteiger partial charge in [0.2, 0.25) is 0 Å². The fraction of sp³-hybridized carbons (Fsp3) is 0.294. The van der Waals surface area contributed by atoms with E-state index in [0.717, 1.165) is 24.3 Å². The first kappa shape index (κ1) is 14.4. The first-order valence-electron chi connectivity index (χ1n) is 7.25. The van der Waals surface area contributed by atoms with Crippen LogP contribution in [0.3, 0.4) is 0 Å². The van der Waals surface area contributed by atoms with E-state index in [1.165, 1.54) is 18.5 Å². The van der Waals surface area contributed by atoms with Gasteiger partial charge in [0.15, 0.2) is 0 Å². The summed E-state index contributed by atoms with van der Waals surface area (Å²) >= 11 is 3.17. The Morgan fingerprint density at radius 3 is 2.43 bits per heavy atom. The maximum absolute atomic E-state index is 13.5. The Morgan fingerprint density at radius 2 is 1.76 bits per heavy atom. The van der Waals surface area contributed by atoms with Crippen molar-refractivity contribution in [1.29, 1.82) is 0 Å². The number of anilines is 2. The second-order valence-corrected chi connectivity index (χ2v) is 6.20. The molecule has 0 unspecified atom stereocenters. The topological polar surface area (TPSA) is 15.3 Å². The van der Waals surface area contributed by atoms with Crippen molar-refractivity contribution in [1.82, 2.24) is 0 Å². The van der Waals surface area contributed by atoms with Gasteiger partial charge < -0.3 is 10.2 Å². The van der Waals surface area contributed by atoms with Crippen molar-refractivity contribution in [3.8, 4) is 0 Å². The van der Waals surface area contributed by atoms with Gasteiger partial charge in [0.25, 0.3) is 0 Å². The van der Waals surface area contributed by atoms with Gasteiger partial charge in [-0.3, -0.25) is 0 Å². The van der Waals surface area contributed by atoms with E-state index in [0.29, 0.717) is 11.0 Å². The Labute approximate surface area is 133 Å². The lowest BCUT2D eigenvalue weighted by Gasteiger charge is -2.18. The summed E-state index contributed by atoms with van der Waals surface area (Å²) in [7, 11) is 0. The van der Waals surface area contributed by atoms with Crippen LogP contribution in [0.5, 0.6) is 0 Å². The summed E-state index contributed by atoms with van der Waals surface area (Å²) in [5, 5.41) is 3.32. The molecule has 0 bridgehead atoms. The molecule has 1 saturated heterocycles. The van der Waals surface area contributed by atoms with E-state index in [4.69, 9.17) is 0 Å². The van der Waals surface area contributed by atoms with Gasteiger partial charge in [-0.15, -0.1) is 0 Å². The van der Waals surface area contributed by atoms with E-state index >= 15 is 0 Å². The largest absolute Gasteiger partial charge is 0.381 e. The van der Waals surface area contributed by atoms with E-state index in [1.807, 2.05) is 6.07 Å². The van der Waals surface area contributed by atoms with E-state index < -0.39 is 0 Å². The van der Waals surface area contributed by atoms with Gasteiger partial charge in [-0.25, -0.2) is 4.39 Å². The maximum Gasteiger partial charge on any atom is 0.137 e. The van der Waals surface area contributed by atoms with E-state index in [1.54, 1.807) is 12.1 Å². The van der Waals surface area contributed by atoms with Crippen molar-refractivity contribution in [2.75, 3.05) is 23.3 Å². The maximum atomic E-state index is 13.5. The molecule has 2 aromatic rings. The molecule has 1 fully saturated rings. The average Bonchev–Trinajstić information content (AvgIpc) is 3.03. The molecular formula is C17H18BrFN2. The minimum absolute atomic E-state index is 0.223. The van der Waals surface area contributed by atoms with Gasteiger partial charge in [-0.2, -0.15) is 0 Å². The van der Waals surface area contributed by atoms with Gasteiger partial charge >= 0.3 is 0 Å². The molecule has 0 aromatic heterocycles. The highest BCUT2D eigenvalue weighted by molar-refractivity contribution is 9.10. The Hall–Kier alpha value is -1.55. The molecular weight excluding hydrogens is 331 g/mol. The number of halogens is 2. The van der Waals surface area contributed by atoms with Crippen LogP contribution in [0.4, 0.5) is 15.8 Å². The predicted molar refractivity (Wildman–Crippen MR) is 89.3 cm³/mol. The van der Waals surface area contributed by atoms with E-state index in [2.05, 4.69) is 50.4 Å². The number of nitrogens with zero attached hydrogens (tertiary/aromatic N) is 1. The standard InChI is InChI=1S/C17H18BrFN2/c18-16-8-3-13(11-17(16)19)12-20-14-4-6-15(7-5-14)21-9-1-2-10-21/h3-8,11,20H,1-2,9-10,12H2. The third-order valence-electron chi connectivity index (χ3n) is 3.82. The highest BCUT2D eigenvalue weighted by Gasteiger charge is 2.11. The molecule has 0 atom stereocenters. The quantitative estimate of drug-likeness (QED) is 0.853. The number of hydrogen-bond donors (Lipinski definition) is 1. The summed E-state index contributed by atoms with van der Waals surface area (Å²) in [5.74, 6) is -0.223. The van der Waals surface area contributed by atoms with Crippen LogP contribution >= 0.6 is 15.9 Å². The molecule has 4 heteroatoms. The highest BCUT2D eigenvalue weighted by Crippen LogP contribution is 2.22. The van der Waals surface area contributed by atoms with Crippen molar-refractivity contribution in [3.05, 3.63) is 58.3 Å². The van der Waals surface area contributed by atoms with Gasteiger partial charge in [0.05, 0.1) is 4.47 Å². The average molecular weight is 349 g/mol. The summed E-state index contributed by atoms with van der Waals surface area (Å²) in [5.41, 5.74) is 3.27. The molecule has 1 aliphatic heterocycles. The number of nitrogens with one attached hydrogen (secondary N) is 1. The molecule has 0 radical (unpaired) electrons. The first-order chi connectivity index (χ1) is 10.2. The third-order valence-corrected chi connectivity index (χ3v) is 4.46. The SMILES string of the molecule is Fc1cc(CNc2ccc(N3CCCC3)cc2)ccc1Br. The van der Waals surface area contributed by atoms with Crippen LogP contribution in [0.15, 0.2) is 46.9 Å². The van der Waals surface area contributed by atoms with Gasteiger partial charge in [-0.05, 0) is 70.7 Å². The molecule has 110 valence electrons. The van der Waals surface area contributed by atoms with Crippen LogP contribution in [-0.2, 0) is 6.54 Å². The lowest BCUT2D eigenvalue weighted by atomic mass is 10.2. The fourth-order valence-corrected chi connectivity index (χ4v) is 2.87. The Bertz CT molecular complexity index is 607. The number of benzene rings is 2. The van der Waals surface area contributed by atoms with Crippen LogP contribution < -0.4 is 10.2 Å². The molecule has 0 amide bonds. The zero-order valence-electron chi connectivity index (χ0n) is 11.8. The molecule has 0 aliphatic carbocycles. The van der Waals surface area contributed by atoms with E-state index in [-0.39, 0.29) is 5.82 Å². The van der Waals surface area contributed by atoms with Crippen molar-refractivity contribution >= 4 is 27.3 Å². The molecule has 0 saturated carbocycles. The third kappa shape index (κ3) is 3.56. The van der Waals surface area contributed by atoms with Crippen LogP contribution in [-0.4, -0.2) is 13.1 Å². The Balaban J connectivity index is 1.61. The second-order valence-electron chi connectivity index (χ2n) is 5.34. The van der Waals surface area contributed by atoms with Crippen molar-refractivity contribution in [2.24, 2.45) is 0 Å². The fourth-order valence-electron chi connectivity index (χ4n) is 2.62. The molecule has 1 heterocycles. The summed E-state index contributed by atoms with van der Waals surface area (Å²) in [4.78, 5) is 2.41. The van der Waals surface area contributed by atoms with Crippen molar-refractivity contribution in [3.63, 3.8) is 0 Å².